The van der Waals surface area contributed by atoms with Gasteiger partial charge in [0.2, 0.25) is 5.91 Å². The van der Waals surface area contributed by atoms with Crippen molar-refractivity contribution in [3.63, 3.8) is 0 Å². The molecule has 0 aromatic carbocycles. The fraction of sp³-hybridized carbons (Fsp3) is 0.877. The molecule has 6 heteroatoms. The second-order valence-electron chi connectivity index (χ2n) is 27.0. The maximum atomic E-state index is 12.5. The van der Waals surface area contributed by atoms with E-state index < -0.39 is 12.1 Å². The van der Waals surface area contributed by atoms with E-state index in [0.29, 0.717) is 19.4 Å². The molecule has 0 aromatic rings. The van der Waals surface area contributed by atoms with E-state index in [9.17, 15) is 19.8 Å². The largest absolute Gasteiger partial charge is 0.466 e. The van der Waals surface area contributed by atoms with Gasteiger partial charge in [0.1, 0.15) is 0 Å². The number of rotatable bonds is 74. The van der Waals surface area contributed by atoms with Crippen molar-refractivity contribution in [2.75, 3.05) is 13.2 Å². The number of amides is 1. The van der Waals surface area contributed by atoms with Gasteiger partial charge in [-0.1, -0.05) is 377 Å². The summed E-state index contributed by atoms with van der Waals surface area (Å²) >= 11 is 0. The first-order chi connectivity index (χ1) is 43.0. The molecule has 2 unspecified atom stereocenters. The zero-order chi connectivity index (χ0) is 62.8. The van der Waals surface area contributed by atoms with E-state index in [1.54, 1.807) is 6.08 Å². The predicted molar refractivity (Wildman–Crippen MR) is 384 cm³/mol. The van der Waals surface area contributed by atoms with Crippen LogP contribution in [0.4, 0.5) is 0 Å². The summed E-state index contributed by atoms with van der Waals surface area (Å²) in [5, 5.41) is 23.3. The first kappa shape index (κ1) is 84.8. The molecule has 0 aromatic heterocycles. The van der Waals surface area contributed by atoms with Crippen LogP contribution in [0.15, 0.2) is 48.6 Å². The normalized spacial score (nSPS) is 12.7. The Kier molecular flexibility index (Phi) is 74.4. The monoisotopic (exact) mass is 1220 g/mol. The molecule has 512 valence electrons. The van der Waals surface area contributed by atoms with Gasteiger partial charge in [-0.3, -0.25) is 9.59 Å². The number of allylic oxidation sites excluding steroid dienone is 7. The average molecular weight is 1220 g/mol. The lowest BCUT2D eigenvalue weighted by Gasteiger charge is -2.20. The highest BCUT2D eigenvalue weighted by molar-refractivity contribution is 5.76. The highest BCUT2D eigenvalue weighted by atomic mass is 16.5. The average Bonchev–Trinajstić information content (AvgIpc) is 3.52. The maximum absolute atomic E-state index is 12.5. The predicted octanol–water partition coefficient (Wildman–Crippen LogP) is 26.0. The molecular weight excluding hydrogens is 1070 g/mol. The van der Waals surface area contributed by atoms with Gasteiger partial charge < -0.3 is 20.3 Å². The third-order valence-corrected chi connectivity index (χ3v) is 18.3. The molecule has 2 atom stereocenters. The first-order valence-corrected chi connectivity index (χ1v) is 39.4. The van der Waals surface area contributed by atoms with Crippen molar-refractivity contribution in [1.29, 1.82) is 0 Å². The van der Waals surface area contributed by atoms with Gasteiger partial charge in [-0.05, 0) is 89.9 Å². The van der Waals surface area contributed by atoms with E-state index in [4.69, 9.17) is 4.74 Å². The van der Waals surface area contributed by atoms with Crippen LogP contribution in [0.2, 0.25) is 0 Å². The summed E-state index contributed by atoms with van der Waals surface area (Å²) in [7, 11) is 0. The van der Waals surface area contributed by atoms with E-state index in [2.05, 4.69) is 55.6 Å². The van der Waals surface area contributed by atoms with Crippen molar-refractivity contribution < 1.29 is 24.5 Å². The summed E-state index contributed by atoms with van der Waals surface area (Å²) in [6, 6.07) is -0.627. The molecule has 0 rings (SSSR count). The van der Waals surface area contributed by atoms with Gasteiger partial charge in [-0.2, -0.15) is 0 Å². The van der Waals surface area contributed by atoms with Crippen LogP contribution in [-0.4, -0.2) is 47.4 Å². The van der Waals surface area contributed by atoms with Crippen LogP contribution in [0.1, 0.15) is 431 Å². The molecule has 0 radical (unpaired) electrons. The molecule has 0 aliphatic carbocycles. The third-order valence-electron chi connectivity index (χ3n) is 18.3. The summed E-state index contributed by atoms with van der Waals surface area (Å²) in [6.45, 7) is 4.91. The zero-order valence-corrected chi connectivity index (χ0v) is 58.8. The Morgan fingerprint density at radius 1 is 0.322 bits per heavy atom. The molecule has 0 aliphatic heterocycles. The number of carbonyl (C=O) groups excluding carboxylic acids is 2. The highest BCUT2D eigenvalue weighted by Crippen LogP contribution is 2.19. The fourth-order valence-corrected chi connectivity index (χ4v) is 12.3. The number of aliphatic hydroxyl groups is 2. The summed E-state index contributed by atoms with van der Waals surface area (Å²) in [6.07, 6.45) is 101. The van der Waals surface area contributed by atoms with Crippen molar-refractivity contribution in [2.24, 2.45) is 0 Å². The van der Waals surface area contributed by atoms with Gasteiger partial charge in [0.15, 0.2) is 0 Å². The maximum Gasteiger partial charge on any atom is 0.305 e. The van der Waals surface area contributed by atoms with Crippen LogP contribution in [0.5, 0.6) is 0 Å². The van der Waals surface area contributed by atoms with Crippen molar-refractivity contribution >= 4 is 11.9 Å². The van der Waals surface area contributed by atoms with Gasteiger partial charge in [-0.25, -0.2) is 0 Å². The van der Waals surface area contributed by atoms with Crippen molar-refractivity contribution in [1.82, 2.24) is 5.32 Å². The first-order valence-electron chi connectivity index (χ1n) is 39.4. The Balaban J connectivity index is 3.38. The lowest BCUT2D eigenvalue weighted by atomic mass is 10.0. The summed E-state index contributed by atoms with van der Waals surface area (Å²) in [5.41, 5.74) is 0. The van der Waals surface area contributed by atoms with Crippen LogP contribution in [-0.2, 0) is 14.3 Å². The molecule has 1 amide bonds. The molecule has 0 heterocycles. The third kappa shape index (κ3) is 72.8. The molecule has 0 bridgehead atoms. The smallest absolute Gasteiger partial charge is 0.305 e. The highest BCUT2D eigenvalue weighted by Gasteiger charge is 2.18. The second-order valence-corrected chi connectivity index (χ2v) is 27.0. The summed E-state index contributed by atoms with van der Waals surface area (Å²) in [5.74, 6) is -0.0559. The van der Waals surface area contributed by atoms with Gasteiger partial charge in [0, 0.05) is 12.8 Å². The number of unbranched alkanes of at least 4 members (excludes halogenated alkanes) is 57. The lowest BCUT2D eigenvalue weighted by molar-refractivity contribution is -0.143. The Bertz CT molecular complexity index is 1450. The van der Waals surface area contributed by atoms with Crippen molar-refractivity contribution in [2.45, 2.75) is 443 Å². The van der Waals surface area contributed by atoms with E-state index in [0.717, 1.165) is 51.4 Å². The molecule has 0 saturated carbocycles. The lowest BCUT2D eigenvalue weighted by Crippen LogP contribution is -2.45. The number of aliphatic hydroxyl groups excluding tert-OH is 2. The van der Waals surface area contributed by atoms with Crippen LogP contribution in [0.3, 0.4) is 0 Å². The van der Waals surface area contributed by atoms with Gasteiger partial charge in [0.25, 0.3) is 0 Å². The van der Waals surface area contributed by atoms with Gasteiger partial charge in [0.05, 0.1) is 25.4 Å². The molecule has 0 fully saturated rings. The van der Waals surface area contributed by atoms with E-state index in [1.165, 1.54) is 353 Å². The fourth-order valence-electron chi connectivity index (χ4n) is 12.3. The topological polar surface area (TPSA) is 95.9 Å². The molecular formula is C81H153NO5. The summed E-state index contributed by atoms with van der Waals surface area (Å²) in [4.78, 5) is 24.6. The van der Waals surface area contributed by atoms with Crippen LogP contribution < -0.4 is 5.32 Å². The van der Waals surface area contributed by atoms with Crippen LogP contribution in [0.25, 0.3) is 0 Å². The molecule has 6 nitrogen and oxygen atoms in total. The minimum atomic E-state index is -0.844. The molecule has 3 N–H and O–H groups in total. The molecule has 0 spiro atoms. The van der Waals surface area contributed by atoms with E-state index in [1.807, 2.05) is 6.08 Å². The number of hydrogen-bond acceptors (Lipinski definition) is 5. The van der Waals surface area contributed by atoms with Crippen molar-refractivity contribution in [3.05, 3.63) is 48.6 Å². The number of hydrogen-bond donors (Lipinski definition) is 3. The minimum absolute atomic E-state index is 0.00478. The molecule has 0 saturated heterocycles. The Labute approximate surface area is 544 Å². The number of nitrogens with one attached hydrogen (secondary N) is 1. The van der Waals surface area contributed by atoms with Crippen LogP contribution >= 0.6 is 0 Å². The Morgan fingerprint density at radius 2 is 0.575 bits per heavy atom. The Morgan fingerprint density at radius 3 is 0.908 bits per heavy atom. The van der Waals surface area contributed by atoms with Gasteiger partial charge in [-0.15, -0.1) is 0 Å². The number of esters is 1. The van der Waals surface area contributed by atoms with Gasteiger partial charge >= 0.3 is 5.97 Å². The molecule has 87 heavy (non-hydrogen) atoms. The summed E-state index contributed by atoms with van der Waals surface area (Å²) < 4.78 is 5.49. The minimum Gasteiger partial charge on any atom is -0.466 e. The van der Waals surface area contributed by atoms with Crippen LogP contribution in [0, 0.1) is 0 Å². The SMILES string of the molecule is CCCCC/C=C\C/C=C\CCCCCCCC(=O)OCCCCCCCCCCCCCC/C=C\CCCCCCCCCCCCCCCCCCCC(=O)NC(CO)C(O)/C=C/CCCCCCCCCCCCCCCCCCCCCC. The van der Waals surface area contributed by atoms with E-state index in [-0.39, 0.29) is 18.5 Å². The Hall–Kier alpha value is -2.18. The second kappa shape index (κ2) is 76.3. The zero-order valence-electron chi connectivity index (χ0n) is 58.8. The van der Waals surface area contributed by atoms with Crippen molar-refractivity contribution in [3.8, 4) is 0 Å². The van der Waals surface area contributed by atoms with E-state index >= 15 is 0 Å². The quantitative estimate of drug-likeness (QED) is 0.0320. The number of ether oxygens (including phenoxy) is 1. The standard InChI is InChI=1S/C81H153NO5/c1-3-5-7-9-11-13-15-17-19-20-21-22-36-39-42-46-49-53-57-61-65-69-73-79(84)78(77-83)82-80(85)74-70-66-62-58-54-50-47-43-40-37-34-32-30-28-26-24-23-25-27-29-31-33-35-38-41-44-48-52-56-60-64-68-72-76-87-81(86)75-71-67-63-59-55-51-45-18-16-14-12-10-8-6-4-2/h12,14,18,27,29,45,69,73,78-79,83-84H,3-11,13,15-17,19-26,28,30-44,46-68,70-72,74-77H2,1-2H3,(H,82,85)/b14-12-,29-27-,45-18-,73-69+. The number of carbonyl (C=O) groups is 2. The molecule has 0 aliphatic rings.